The fourth-order valence-corrected chi connectivity index (χ4v) is 5.33. The highest BCUT2D eigenvalue weighted by molar-refractivity contribution is 7.98. The van der Waals surface area contributed by atoms with Crippen molar-refractivity contribution in [2.24, 2.45) is 0 Å². The second kappa shape index (κ2) is 7.77. The molecule has 0 aliphatic carbocycles. The number of rotatable bonds is 5. The van der Waals surface area contributed by atoms with Crippen LogP contribution in [0.4, 0.5) is 0 Å². The minimum atomic E-state index is -3.56. The van der Waals surface area contributed by atoms with Crippen LogP contribution in [0.3, 0.4) is 0 Å². The molecule has 0 bridgehead atoms. The van der Waals surface area contributed by atoms with Gasteiger partial charge in [-0.15, -0.1) is 0 Å². The van der Waals surface area contributed by atoms with E-state index in [0.29, 0.717) is 27.7 Å². The Kier molecular flexibility index (Phi) is 5.04. The van der Waals surface area contributed by atoms with Gasteiger partial charge in [0, 0.05) is 31.3 Å². The van der Waals surface area contributed by atoms with Crippen LogP contribution in [0.2, 0.25) is 0 Å². The van der Waals surface area contributed by atoms with Gasteiger partial charge in [0.1, 0.15) is 11.1 Å². The molecule has 5 rings (SSSR count). The van der Waals surface area contributed by atoms with E-state index in [1.165, 1.54) is 44.1 Å². The van der Waals surface area contributed by atoms with Crippen LogP contribution in [0.5, 0.6) is 0 Å². The third-order valence-corrected chi connectivity index (χ3v) is 7.87. The SMILES string of the molecule is CN(C)S(=O)(=O)c1ccc2oc(SCc3cc(=O)oc4ccc5ccccc5c34)nc2c1. The van der Waals surface area contributed by atoms with Gasteiger partial charge in [0.2, 0.25) is 10.0 Å². The lowest BCUT2D eigenvalue weighted by molar-refractivity contribution is 0.489. The zero-order valence-corrected chi connectivity index (χ0v) is 18.9. The average molecular weight is 467 g/mol. The normalized spacial score (nSPS) is 12.3. The lowest BCUT2D eigenvalue weighted by atomic mass is 10.0. The molecule has 2 heterocycles. The molecule has 7 nitrogen and oxygen atoms in total. The van der Waals surface area contributed by atoms with E-state index in [2.05, 4.69) is 4.98 Å². The van der Waals surface area contributed by atoms with E-state index in [4.69, 9.17) is 8.83 Å². The third kappa shape index (κ3) is 3.58. The van der Waals surface area contributed by atoms with Crippen molar-refractivity contribution in [1.29, 1.82) is 0 Å². The summed E-state index contributed by atoms with van der Waals surface area (Å²) in [7, 11) is -0.604. The third-order valence-electron chi connectivity index (χ3n) is 5.18. The summed E-state index contributed by atoms with van der Waals surface area (Å²) in [6.45, 7) is 0. The molecule has 0 saturated heterocycles. The Balaban J connectivity index is 1.52. The number of oxazole rings is 1. The smallest absolute Gasteiger partial charge is 0.336 e. The van der Waals surface area contributed by atoms with Crippen molar-refractivity contribution in [2.75, 3.05) is 14.1 Å². The van der Waals surface area contributed by atoms with Crippen molar-refractivity contribution < 1.29 is 17.3 Å². The number of hydrogen-bond acceptors (Lipinski definition) is 7. The van der Waals surface area contributed by atoms with E-state index in [1.54, 1.807) is 12.1 Å². The van der Waals surface area contributed by atoms with Crippen LogP contribution in [-0.2, 0) is 15.8 Å². The van der Waals surface area contributed by atoms with Gasteiger partial charge < -0.3 is 8.83 Å². The maximum atomic E-state index is 12.4. The highest BCUT2D eigenvalue weighted by Gasteiger charge is 2.19. The van der Waals surface area contributed by atoms with Crippen LogP contribution >= 0.6 is 11.8 Å². The maximum Gasteiger partial charge on any atom is 0.336 e. The van der Waals surface area contributed by atoms with Gasteiger partial charge in [0.05, 0.1) is 4.90 Å². The zero-order valence-electron chi connectivity index (χ0n) is 17.2. The Morgan fingerprint density at radius 3 is 2.56 bits per heavy atom. The second-order valence-corrected chi connectivity index (χ2v) is 10.5. The topological polar surface area (TPSA) is 93.6 Å². The van der Waals surface area contributed by atoms with Crippen LogP contribution in [0.1, 0.15) is 5.56 Å². The predicted octanol–water partition coefficient (Wildman–Crippen LogP) is 4.63. The molecular formula is C23H18N2O5S2. The lowest BCUT2D eigenvalue weighted by Gasteiger charge is -2.10. The van der Waals surface area contributed by atoms with Gasteiger partial charge in [-0.3, -0.25) is 0 Å². The summed E-state index contributed by atoms with van der Waals surface area (Å²) in [5, 5.41) is 3.32. The van der Waals surface area contributed by atoms with E-state index in [0.717, 1.165) is 26.0 Å². The van der Waals surface area contributed by atoms with Crippen LogP contribution in [0.15, 0.2) is 84.4 Å². The second-order valence-electron chi connectivity index (χ2n) is 7.44. The molecule has 2 aromatic heterocycles. The first-order valence-electron chi connectivity index (χ1n) is 9.73. The molecule has 0 saturated carbocycles. The molecule has 0 aliphatic rings. The fourth-order valence-electron chi connectivity index (χ4n) is 3.59. The number of thioether (sulfide) groups is 1. The first-order valence-corrected chi connectivity index (χ1v) is 12.2. The summed E-state index contributed by atoms with van der Waals surface area (Å²) in [5.41, 5.74) is 1.88. The summed E-state index contributed by atoms with van der Waals surface area (Å²) in [6.07, 6.45) is 0. The molecule has 0 atom stereocenters. The maximum absolute atomic E-state index is 12.4. The average Bonchev–Trinajstić information content (AvgIpc) is 3.19. The van der Waals surface area contributed by atoms with E-state index < -0.39 is 15.6 Å². The van der Waals surface area contributed by atoms with Gasteiger partial charge >= 0.3 is 5.63 Å². The molecule has 32 heavy (non-hydrogen) atoms. The molecular weight excluding hydrogens is 448 g/mol. The molecule has 0 fully saturated rings. The van der Waals surface area contributed by atoms with E-state index in [1.807, 2.05) is 30.3 Å². The summed E-state index contributed by atoms with van der Waals surface area (Å²) >= 11 is 1.33. The predicted molar refractivity (Wildman–Crippen MR) is 124 cm³/mol. The molecule has 0 aliphatic heterocycles. The zero-order chi connectivity index (χ0) is 22.5. The van der Waals surface area contributed by atoms with Crippen LogP contribution < -0.4 is 5.63 Å². The van der Waals surface area contributed by atoms with Crippen molar-refractivity contribution in [3.63, 3.8) is 0 Å². The van der Waals surface area contributed by atoms with Gasteiger partial charge in [-0.25, -0.2) is 22.5 Å². The Bertz CT molecular complexity index is 1650. The van der Waals surface area contributed by atoms with E-state index in [9.17, 15) is 13.2 Å². The van der Waals surface area contributed by atoms with Crippen LogP contribution in [0, 0.1) is 0 Å². The van der Waals surface area contributed by atoms with Gasteiger partial charge in [0.15, 0.2) is 5.58 Å². The van der Waals surface area contributed by atoms with Gasteiger partial charge in [-0.1, -0.05) is 42.1 Å². The fraction of sp³-hybridized carbons (Fsp3) is 0.130. The molecule has 0 spiro atoms. The molecule has 162 valence electrons. The van der Waals surface area contributed by atoms with E-state index in [-0.39, 0.29) is 4.90 Å². The molecule has 0 unspecified atom stereocenters. The lowest BCUT2D eigenvalue weighted by Crippen LogP contribution is -2.22. The van der Waals surface area contributed by atoms with Crippen molar-refractivity contribution in [2.45, 2.75) is 15.9 Å². The van der Waals surface area contributed by atoms with Gasteiger partial charge in [-0.2, -0.15) is 0 Å². The standard InChI is InChI=1S/C23H18N2O5S2/c1-25(2)32(27,28)16-8-10-19-18(12-16)24-23(30-19)31-13-15-11-21(26)29-20-9-7-14-5-3-4-6-17(14)22(15)20/h3-12H,13H2,1-2H3. The molecule has 0 N–H and O–H groups in total. The molecule has 0 radical (unpaired) electrons. The molecule has 5 aromatic rings. The van der Waals surface area contributed by atoms with Crippen LogP contribution in [0.25, 0.3) is 32.8 Å². The quantitative estimate of drug-likeness (QED) is 0.212. The van der Waals surface area contributed by atoms with Crippen molar-refractivity contribution in [3.05, 3.63) is 76.6 Å². The minimum Gasteiger partial charge on any atom is -0.431 e. The number of sulfonamides is 1. The molecule has 0 amide bonds. The number of hydrogen-bond donors (Lipinski definition) is 0. The summed E-state index contributed by atoms with van der Waals surface area (Å²) in [5.74, 6) is 0.436. The molecule has 3 aromatic carbocycles. The summed E-state index contributed by atoms with van der Waals surface area (Å²) in [6, 6.07) is 17.7. The highest BCUT2D eigenvalue weighted by Crippen LogP contribution is 2.32. The first-order chi connectivity index (χ1) is 15.3. The minimum absolute atomic E-state index is 0.151. The monoisotopic (exact) mass is 466 g/mol. The van der Waals surface area contributed by atoms with Crippen molar-refractivity contribution in [1.82, 2.24) is 9.29 Å². The Morgan fingerprint density at radius 2 is 1.75 bits per heavy atom. The largest absolute Gasteiger partial charge is 0.431 e. The highest BCUT2D eigenvalue weighted by atomic mass is 32.2. The number of nitrogens with zero attached hydrogens (tertiary/aromatic N) is 2. The van der Waals surface area contributed by atoms with Crippen LogP contribution in [-0.4, -0.2) is 31.8 Å². The summed E-state index contributed by atoms with van der Waals surface area (Å²) in [4.78, 5) is 16.7. The van der Waals surface area contributed by atoms with Crippen molar-refractivity contribution >= 4 is 54.6 Å². The number of aromatic nitrogens is 1. The van der Waals surface area contributed by atoms with Crippen molar-refractivity contribution in [3.8, 4) is 0 Å². The van der Waals surface area contributed by atoms with E-state index >= 15 is 0 Å². The Hall–Kier alpha value is -3.14. The number of benzene rings is 3. The summed E-state index contributed by atoms with van der Waals surface area (Å²) < 4.78 is 37.1. The van der Waals surface area contributed by atoms with Gasteiger partial charge in [-0.05, 0) is 40.6 Å². The first kappa shape index (κ1) is 20.7. The number of fused-ring (bicyclic) bond motifs is 4. The van der Waals surface area contributed by atoms with Gasteiger partial charge in [0.25, 0.3) is 5.22 Å². The Morgan fingerprint density at radius 1 is 0.969 bits per heavy atom. The Labute approximate surface area is 187 Å². The molecule has 9 heteroatoms.